The van der Waals surface area contributed by atoms with Crippen LogP contribution in [0.2, 0.25) is 0 Å². The molecule has 2 rings (SSSR count). The highest BCUT2D eigenvalue weighted by Gasteiger charge is 2.22. The summed E-state index contributed by atoms with van der Waals surface area (Å²) in [6.45, 7) is 0.0296. The Bertz CT molecular complexity index is 731. The molecule has 0 aliphatic heterocycles. The zero-order valence-corrected chi connectivity index (χ0v) is 12.9. The average molecular weight is 330 g/mol. The summed E-state index contributed by atoms with van der Waals surface area (Å²) in [5.41, 5.74) is 0. The minimum absolute atomic E-state index is 0.0296. The molecule has 0 spiro atoms. The van der Waals surface area contributed by atoms with Gasteiger partial charge < -0.3 is 4.42 Å². The van der Waals surface area contributed by atoms with E-state index in [4.69, 9.17) is 4.42 Å². The third-order valence-corrected chi connectivity index (χ3v) is 4.58. The van der Waals surface area contributed by atoms with Gasteiger partial charge in [-0.15, -0.1) is 0 Å². The van der Waals surface area contributed by atoms with Crippen molar-refractivity contribution in [1.82, 2.24) is 9.62 Å². The molecule has 1 N–H and O–H groups in total. The van der Waals surface area contributed by atoms with Crippen molar-refractivity contribution in [2.45, 2.75) is 10.9 Å². The van der Waals surface area contributed by atoms with Crippen LogP contribution in [0, 0.1) is 11.6 Å². The van der Waals surface area contributed by atoms with Gasteiger partial charge in [-0.25, -0.2) is 21.9 Å². The van der Waals surface area contributed by atoms with Crippen LogP contribution in [0.4, 0.5) is 8.78 Å². The quantitative estimate of drug-likeness (QED) is 0.881. The first-order valence-electron chi connectivity index (χ1n) is 6.46. The largest absolute Gasteiger partial charge is 0.468 e. The fraction of sp³-hybridized carbons (Fsp3) is 0.286. The molecule has 0 aliphatic carbocycles. The van der Waals surface area contributed by atoms with Gasteiger partial charge in [-0.3, -0.25) is 4.90 Å². The van der Waals surface area contributed by atoms with Crippen LogP contribution in [0.3, 0.4) is 0 Å². The van der Waals surface area contributed by atoms with E-state index in [1.54, 1.807) is 31.1 Å². The smallest absolute Gasteiger partial charge is 0.240 e. The number of likely N-dealkylation sites (N-methyl/N-ethyl adjacent to an activating group) is 1. The SMILES string of the molecule is CN(C)[C@@H](CNS(=O)(=O)c1ccc(F)c(F)c1)c1ccco1. The molecule has 0 saturated heterocycles. The van der Waals surface area contributed by atoms with Crippen molar-refractivity contribution in [2.24, 2.45) is 0 Å². The zero-order valence-electron chi connectivity index (χ0n) is 12.1. The van der Waals surface area contributed by atoms with Gasteiger partial charge in [0.15, 0.2) is 11.6 Å². The molecule has 0 radical (unpaired) electrons. The highest BCUT2D eigenvalue weighted by molar-refractivity contribution is 7.89. The van der Waals surface area contributed by atoms with Gasteiger partial charge in [-0.05, 0) is 44.4 Å². The molecule has 0 amide bonds. The molecule has 2 aromatic rings. The maximum Gasteiger partial charge on any atom is 0.240 e. The summed E-state index contributed by atoms with van der Waals surface area (Å²) in [6.07, 6.45) is 1.50. The Labute approximate surface area is 127 Å². The molecule has 1 heterocycles. The number of halogens is 2. The standard InChI is InChI=1S/C14H16F2N2O3S/c1-18(2)13(14-4-3-7-21-14)9-17-22(19,20)10-5-6-11(15)12(16)8-10/h3-8,13,17H,9H2,1-2H3/t13-/m0/s1. The van der Waals surface area contributed by atoms with Gasteiger partial charge in [0.25, 0.3) is 0 Å². The van der Waals surface area contributed by atoms with Gasteiger partial charge in [-0.1, -0.05) is 0 Å². The molecule has 1 aromatic heterocycles. The van der Waals surface area contributed by atoms with Crippen molar-refractivity contribution in [1.29, 1.82) is 0 Å². The third-order valence-electron chi connectivity index (χ3n) is 3.16. The lowest BCUT2D eigenvalue weighted by atomic mass is 10.2. The number of benzene rings is 1. The first kappa shape index (κ1) is 16.6. The lowest BCUT2D eigenvalue weighted by molar-refractivity contribution is 0.259. The van der Waals surface area contributed by atoms with Gasteiger partial charge in [0.05, 0.1) is 17.2 Å². The molecule has 1 aromatic carbocycles. The average Bonchev–Trinajstić information content (AvgIpc) is 2.95. The summed E-state index contributed by atoms with van der Waals surface area (Å²) < 4.78 is 58.0. The molecule has 5 nitrogen and oxygen atoms in total. The van der Waals surface area contributed by atoms with Crippen LogP contribution in [0.15, 0.2) is 45.9 Å². The zero-order chi connectivity index (χ0) is 16.3. The summed E-state index contributed by atoms with van der Waals surface area (Å²) in [6, 6.07) is 5.55. The Morgan fingerprint density at radius 3 is 2.50 bits per heavy atom. The fourth-order valence-corrected chi connectivity index (χ4v) is 2.98. The van der Waals surface area contributed by atoms with Crippen molar-refractivity contribution >= 4 is 10.0 Å². The molecule has 0 aliphatic rings. The van der Waals surface area contributed by atoms with E-state index in [1.165, 1.54) is 6.26 Å². The Morgan fingerprint density at radius 2 is 1.95 bits per heavy atom. The normalized spacial score (nSPS) is 13.5. The number of rotatable bonds is 6. The summed E-state index contributed by atoms with van der Waals surface area (Å²) >= 11 is 0. The number of nitrogens with zero attached hydrogens (tertiary/aromatic N) is 1. The van der Waals surface area contributed by atoms with Crippen LogP contribution >= 0.6 is 0 Å². The van der Waals surface area contributed by atoms with Crippen LogP contribution in [0.25, 0.3) is 0 Å². The lowest BCUT2D eigenvalue weighted by Gasteiger charge is -2.22. The van der Waals surface area contributed by atoms with Gasteiger partial charge in [0, 0.05) is 6.54 Å². The highest BCUT2D eigenvalue weighted by atomic mass is 32.2. The summed E-state index contributed by atoms with van der Waals surface area (Å²) in [7, 11) is -0.391. The summed E-state index contributed by atoms with van der Waals surface area (Å²) in [5.74, 6) is -1.71. The lowest BCUT2D eigenvalue weighted by Crippen LogP contribution is -2.34. The van der Waals surface area contributed by atoms with Crippen molar-refractivity contribution in [3.8, 4) is 0 Å². The maximum absolute atomic E-state index is 13.2. The minimum Gasteiger partial charge on any atom is -0.468 e. The van der Waals surface area contributed by atoms with Gasteiger partial charge in [0.2, 0.25) is 10.0 Å². The molecule has 0 unspecified atom stereocenters. The highest BCUT2D eigenvalue weighted by Crippen LogP contribution is 2.19. The van der Waals surface area contributed by atoms with Crippen LogP contribution in [0.1, 0.15) is 11.8 Å². The minimum atomic E-state index is -3.94. The monoisotopic (exact) mass is 330 g/mol. The van der Waals surface area contributed by atoms with Crippen LogP contribution < -0.4 is 4.72 Å². The third kappa shape index (κ3) is 3.70. The van der Waals surface area contributed by atoms with Crippen LogP contribution in [-0.2, 0) is 10.0 Å². The Kier molecular flexibility index (Phi) is 4.94. The van der Waals surface area contributed by atoms with E-state index in [9.17, 15) is 17.2 Å². The Balaban J connectivity index is 2.16. The van der Waals surface area contributed by atoms with Crippen molar-refractivity contribution in [3.63, 3.8) is 0 Å². The second kappa shape index (κ2) is 6.55. The fourth-order valence-electron chi connectivity index (χ4n) is 1.93. The Morgan fingerprint density at radius 1 is 1.23 bits per heavy atom. The molecule has 0 fully saturated rings. The van der Waals surface area contributed by atoms with Gasteiger partial charge in [-0.2, -0.15) is 0 Å². The second-order valence-corrected chi connectivity index (χ2v) is 6.69. The first-order valence-corrected chi connectivity index (χ1v) is 7.94. The first-order chi connectivity index (χ1) is 10.3. The van der Waals surface area contributed by atoms with Crippen molar-refractivity contribution in [3.05, 3.63) is 54.0 Å². The van der Waals surface area contributed by atoms with Crippen molar-refractivity contribution in [2.75, 3.05) is 20.6 Å². The summed E-state index contributed by atoms with van der Waals surface area (Å²) in [5, 5.41) is 0. The molecule has 120 valence electrons. The van der Waals surface area contributed by atoms with E-state index < -0.39 is 21.7 Å². The number of furan rings is 1. The molecule has 0 saturated carbocycles. The number of nitrogens with one attached hydrogen (secondary N) is 1. The Hall–Kier alpha value is -1.77. The van der Waals surface area contributed by atoms with E-state index >= 15 is 0 Å². The molecule has 0 bridgehead atoms. The number of hydrogen-bond donors (Lipinski definition) is 1. The number of hydrogen-bond acceptors (Lipinski definition) is 4. The summed E-state index contributed by atoms with van der Waals surface area (Å²) in [4.78, 5) is 1.45. The van der Waals surface area contributed by atoms with E-state index in [1.807, 2.05) is 0 Å². The van der Waals surface area contributed by atoms with Gasteiger partial charge >= 0.3 is 0 Å². The molecule has 8 heteroatoms. The topological polar surface area (TPSA) is 62.6 Å². The predicted octanol–water partition coefficient (Wildman–Crippen LogP) is 2.14. The van der Waals surface area contributed by atoms with E-state index in [0.717, 1.165) is 12.1 Å². The van der Waals surface area contributed by atoms with E-state index in [-0.39, 0.29) is 17.5 Å². The second-order valence-electron chi connectivity index (χ2n) is 4.92. The van der Waals surface area contributed by atoms with E-state index in [2.05, 4.69) is 4.72 Å². The molecular formula is C14H16F2N2O3S. The molecule has 1 atom stereocenters. The van der Waals surface area contributed by atoms with Crippen LogP contribution in [-0.4, -0.2) is 34.0 Å². The maximum atomic E-state index is 13.2. The molecule has 22 heavy (non-hydrogen) atoms. The number of sulfonamides is 1. The van der Waals surface area contributed by atoms with Gasteiger partial charge in [0.1, 0.15) is 5.76 Å². The molecular weight excluding hydrogens is 314 g/mol. The van der Waals surface area contributed by atoms with E-state index in [0.29, 0.717) is 11.8 Å². The van der Waals surface area contributed by atoms with Crippen LogP contribution in [0.5, 0.6) is 0 Å². The van der Waals surface area contributed by atoms with Crippen molar-refractivity contribution < 1.29 is 21.6 Å². The predicted molar refractivity (Wildman–Crippen MR) is 76.7 cm³/mol.